The van der Waals surface area contributed by atoms with Crippen LogP contribution in [0.2, 0.25) is 32.7 Å². The van der Waals surface area contributed by atoms with Crippen molar-refractivity contribution in [1.82, 2.24) is 0 Å². The Morgan fingerprint density at radius 1 is 1.03 bits per heavy atom. The van der Waals surface area contributed by atoms with Gasteiger partial charge in [-0.1, -0.05) is 97.8 Å². The summed E-state index contributed by atoms with van der Waals surface area (Å²) in [6, 6.07) is 8.74. The van der Waals surface area contributed by atoms with Crippen LogP contribution in [-0.4, -0.2) is 21.0 Å². The first kappa shape index (κ1) is 31.2. The second kappa shape index (κ2) is 12.6. The fraction of sp³-hybridized carbons (Fsp3) is 0.360. The van der Waals surface area contributed by atoms with Gasteiger partial charge in [-0.2, -0.15) is 0 Å². The molecular weight excluding hydrogens is 551 g/mol. The molecule has 2 aliphatic carbocycles. The Bertz CT molecular complexity index is 918. The number of thioether (sulfide) groups is 1. The van der Waals surface area contributed by atoms with Crippen molar-refractivity contribution in [2.24, 2.45) is 0 Å². The molecule has 0 amide bonds. The van der Waals surface area contributed by atoms with E-state index in [4.69, 9.17) is 0 Å². The third kappa shape index (κ3) is 8.16. The third-order valence-corrected chi connectivity index (χ3v) is 13.9. The van der Waals surface area contributed by atoms with Gasteiger partial charge in [0.05, 0.1) is 16.1 Å². The molecule has 0 spiro atoms. The molecule has 1 unspecified atom stereocenters. The maximum Gasteiger partial charge on any atom is 2.00 e. The molecule has 0 radical (unpaired) electrons. The number of halogens is 2. The van der Waals surface area contributed by atoms with Crippen LogP contribution >= 0.6 is 11.8 Å². The molecule has 0 bridgehead atoms. The van der Waals surface area contributed by atoms with Crippen molar-refractivity contribution >= 4 is 34.0 Å². The minimum absolute atomic E-state index is 0. The predicted octanol–water partition coefficient (Wildman–Crippen LogP) is 1.74. The van der Waals surface area contributed by atoms with Crippen LogP contribution < -0.4 is 24.8 Å². The molecule has 31 heavy (non-hydrogen) atoms. The van der Waals surface area contributed by atoms with Crippen molar-refractivity contribution in [3.05, 3.63) is 86.6 Å². The molecule has 0 N–H and O–H groups in total. The van der Waals surface area contributed by atoms with Gasteiger partial charge in [-0.05, 0) is 43.0 Å². The molecule has 0 nitrogen and oxygen atoms in total. The van der Waals surface area contributed by atoms with E-state index in [-0.39, 0.29) is 51.0 Å². The zero-order valence-corrected chi connectivity index (χ0v) is 26.5. The second-order valence-corrected chi connectivity index (χ2v) is 21.2. The Labute approximate surface area is 227 Å². The molecule has 0 saturated heterocycles. The van der Waals surface area contributed by atoms with Crippen LogP contribution in [0.3, 0.4) is 0 Å². The van der Waals surface area contributed by atoms with Crippen molar-refractivity contribution in [3.63, 3.8) is 0 Å². The number of hydrogen-bond acceptors (Lipinski definition) is 1. The smallest absolute Gasteiger partial charge is 1.00 e. The number of benzene rings is 1. The van der Waals surface area contributed by atoms with Crippen LogP contribution in [0.15, 0.2) is 75.5 Å². The van der Waals surface area contributed by atoms with Gasteiger partial charge in [0.15, 0.2) is 0 Å². The van der Waals surface area contributed by atoms with Gasteiger partial charge in [-0.25, -0.2) is 0 Å². The summed E-state index contributed by atoms with van der Waals surface area (Å²) < 4.78 is 0. The van der Waals surface area contributed by atoms with Crippen LogP contribution in [0.5, 0.6) is 0 Å². The second-order valence-electron chi connectivity index (χ2n) is 9.89. The van der Waals surface area contributed by atoms with Crippen molar-refractivity contribution in [3.8, 4) is 0 Å². The van der Waals surface area contributed by atoms with Crippen molar-refractivity contribution in [1.29, 1.82) is 0 Å². The first-order valence-electron chi connectivity index (χ1n) is 10.3. The first-order chi connectivity index (χ1) is 13.1. The largest absolute Gasteiger partial charge is 2.00 e. The molecule has 0 saturated carbocycles. The van der Waals surface area contributed by atoms with Crippen molar-refractivity contribution in [2.45, 2.75) is 57.9 Å². The van der Waals surface area contributed by atoms with Gasteiger partial charge in [0.1, 0.15) is 0 Å². The average molecular weight is 585 g/mol. The van der Waals surface area contributed by atoms with E-state index in [0.29, 0.717) is 0 Å². The summed E-state index contributed by atoms with van der Waals surface area (Å²) in [5.41, 5.74) is 8.40. The van der Waals surface area contributed by atoms with Crippen LogP contribution in [0.1, 0.15) is 25.0 Å². The summed E-state index contributed by atoms with van der Waals surface area (Å²) in [6.07, 6.45) is 12.7. The van der Waals surface area contributed by atoms with Gasteiger partial charge in [-0.3, -0.25) is 0 Å². The minimum atomic E-state index is -1.25. The first-order valence-corrected chi connectivity index (χ1v) is 17.8. The normalized spacial score (nSPS) is 17.9. The van der Waals surface area contributed by atoms with Crippen LogP contribution in [0.25, 0.3) is 6.08 Å². The number of hydrogen-bond donors (Lipinski definition) is 0. The van der Waals surface area contributed by atoms with Gasteiger partial charge in [0.2, 0.25) is 0 Å². The molecule has 1 aromatic rings. The summed E-state index contributed by atoms with van der Waals surface area (Å²) >= 11 is 2.05. The van der Waals surface area contributed by atoms with Gasteiger partial charge in [-0.15, -0.1) is 11.8 Å². The fourth-order valence-corrected chi connectivity index (χ4v) is 10.2. The fourth-order valence-electron chi connectivity index (χ4n) is 3.95. The SMILES string of the molecule is CC(C)=C[Si](C)(C)C1C=C2C=CC=C2S1.C[Si](C)(C)C1=Cc2ccccc2C1.[Cl-].[Cl-].[Zr+2]. The van der Waals surface area contributed by atoms with Crippen LogP contribution in [0.4, 0.5) is 0 Å². The topological polar surface area (TPSA) is 0 Å². The molecule has 0 aromatic heterocycles. The van der Waals surface area contributed by atoms with E-state index in [0.717, 1.165) is 4.87 Å². The summed E-state index contributed by atoms with van der Waals surface area (Å²) in [5.74, 6) is 0. The molecule has 0 fully saturated rings. The quantitative estimate of drug-likeness (QED) is 0.488. The van der Waals surface area contributed by atoms with Crippen LogP contribution in [-0.2, 0) is 32.6 Å². The number of allylic oxidation sites excluding steroid dienone is 6. The summed E-state index contributed by atoms with van der Waals surface area (Å²) in [7, 11) is -2.31. The Morgan fingerprint density at radius 2 is 1.68 bits per heavy atom. The molecule has 1 heterocycles. The maximum atomic E-state index is 2.52. The van der Waals surface area contributed by atoms with Crippen molar-refractivity contribution < 1.29 is 51.0 Å². The van der Waals surface area contributed by atoms with E-state index in [1.54, 1.807) is 5.20 Å². The van der Waals surface area contributed by atoms with E-state index in [1.807, 2.05) is 0 Å². The molecule has 3 aliphatic rings. The molecule has 6 heteroatoms. The Hall–Kier alpha value is 0.167. The minimum Gasteiger partial charge on any atom is -1.00 e. The average Bonchev–Trinajstić information content (AvgIpc) is 3.27. The van der Waals surface area contributed by atoms with Crippen LogP contribution in [0, 0.1) is 0 Å². The summed E-state index contributed by atoms with van der Waals surface area (Å²) in [4.78, 5) is 2.20. The monoisotopic (exact) mass is 582 g/mol. The van der Waals surface area contributed by atoms with E-state index >= 15 is 0 Å². The van der Waals surface area contributed by atoms with Gasteiger partial charge in [0.25, 0.3) is 0 Å². The molecule has 166 valence electrons. The molecular formula is C25H34Cl2SSi2Zr. The van der Waals surface area contributed by atoms with Gasteiger partial charge in [0, 0.05) is 9.78 Å². The predicted molar refractivity (Wildman–Crippen MR) is 135 cm³/mol. The van der Waals surface area contributed by atoms with Gasteiger partial charge >= 0.3 is 26.2 Å². The van der Waals surface area contributed by atoms with Gasteiger partial charge < -0.3 is 24.8 Å². The van der Waals surface area contributed by atoms with E-state index in [1.165, 1.54) is 33.6 Å². The Kier molecular flexibility index (Phi) is 12.6. The molecule has 4 rings (SSSR count). The third-order valence-electron chi connectivity index (χ3n) is 5.52. The number of fused-ring (bicyclic) bond motifs is 2. The Morgan fingerprint density at radius 3 is 2.23 bits per heavy atom. The molecule has 1 atom stereocenters. The van der Waals surface area contributed by atoms with Crippen molar-refractivity contribution in [2.75, 3.05) is 0 Å². The zero-order chi connectivity index (χ0) is 20.5. The van der Waals surface area contributed by atoms with E-state index in [9.17, 15) is 0 Å². The Balaban J connectivity index is 0.000000533. The van der Waals surface area contributed by atoms with E-state index in [2.05, 4.69) is 119 Å². The molecule has 1 aromatic carbocycles. The summed E-state index contributed by atoms with van der Waals surface area (Å²) in [6.45, 7) is 16.6. The zero-order valence-electron chi connectivity index (χ0n) is 19.7. The standard InChI is InChI=1S/C13H18SSi.C12H16Si.2ClH.Zr/c1-10(2)9-15(3,4)13-8-11-6-5-7-12(11)14-13;1-13(2,3)12-8-10-6-4-5-7-11(10)9-12;;;/h5-9,13H,1-4H3;4-8H,9H2,1-3H3;2*1H;/q;;;;+2/p-2. The number of rotatable bonds is 3. The van der Waals surface area contributed by atoms with E-state index < -0.39 is 16.1 Å². The summed E-state index contributed by atoms with van der Waals surface area (Å²) in [5, 5.41) is 1.69. The molecule has 1 aliphatic heterocycles. The maximum absolute atomic E-state index is 2.52.